The Bertz CT molecular complexity index is 945. The molecule has 0 unspecified atom stereocenters. The predicted molar refractivity (Wildman–Crippen MR) is 108 cm³/mol. The zero-order valence-electron chi connectivity index (χ0n) is 14.9. The van der Waals surface area contributed by atoms with Gasteiger partial charge in [0.15, 0.2) is 6.61 Å². The van der Waals surface area contributed by atoms with Crippen LogP contribution in [0.3, 0.4) is 0 Å². The van der Waals surface area contributed by atoms with Crippen LogP contribution in [0.1, 0.15) is 17.0 Å². The molecule has 1 heterocycles. The molecule has 0 spiro atoms. The summed E-state index contributed by atoms with van der Waals surface area (Å²) in [7, 11) is 0. The standard InChI is InChI=1S/C19H18BrN3O3S/c1-12-5-3-4-6-16(12)25-10-18-22-23-19(26-18)27-11-17(24)21-14-7-8-15(20)13(2)9-14/h3-9H,10-11H2,1-2H3,(H,21,24). The van der Waals surface area contributed by atoms with E-state index in [-0.39, 0.29) is 18.3 Å². The Kier molecular flexibility index (Phi) is 6.52. The van der Waals surface area contributed by atoms with Crippen molar-refractivity contribution in [3.63, 3.8) is 0 Å². The Morgan fingerprint density at radius 1 is 1.19 bits per heavy atom. The van der Waals surface area contributed by atoms with Crippen LogP contribution in [0.4, 0.5) is 5.69 Å². The van der Waals surface area contributed by atoms with Crippen LogP contribution in [0, 0.1) is 13.8 Å². The van der Waals surface area contributed by atoms with E-state index in [4.69, 9.17) is 9.15 Å². The van der Waals surface area contributed by atoms with Gasteiger partial charge in [-0.15, -0.1) is 10.2 Å². The van der Waals surface area contributed by atoms with Crippen molar-refractivity contribution in [3.8, 4) is 5.75 Å². The molecule has 0 aliphatic rings. The lowest BCUT2D eigenvalue weighted by Gasteiger charge is -2.06. The number of anilines is 1. The highest BCUT2D eigenvalue weighted by Crippen LogP contribution is 2.22. The van der Waals surface area contributed by atoms with Crippen molar-refractivity contribution in [2.75, 3.05) is 11.1 Å². The number of aromatic nitrogens is 2. The van der Waals surface area contributed by atoms with Crippen molar-refractivity contribution in [1.29, 1.82) is 0 Å². The first kappa shape index (κ1) is 19.4. The van der Waals surface area contributed by atoms with Gasteiger partial charge in [0.25, 0.3) is 11.1 Å². The summed E-state index contributed by atoms with van der Waals surface area (Å²) in [5.41, 5.74) is 2.83. The minimum atomic E-state index is -0.141. The number of amides is 1. The first-order chi connectivity index (χ1) is 13.0. The van der Waals surface area contributed by atoms with Crippen LogP contribution in [0.25, 0.3) is 0 Å². The number of aryl methyl sites for hydroxylation is 2. The Labute approximate surface area is 169 Å². The maximum absolute atomic E-state index is 12.1. The fourth-order valence-electron chi connectivity index (χ4n) is 2.26. The molecular weight excluding hydrogens is 430 g/mol. The van der Waals surface area contributed by atoms with Crippen molar-refractivity contribution in [3.05, 3.63) is 64.0 Å². The van der Waals surface area contributed by atoms with E-state index >= 15 is 0 Å². The van der Waals surface area contributed by atoms with Crippen molar-refractivity contribution in [2.24, 2.45) is 0 Å². The normalized spacial score (nSPS) is 10.6. The molecule has 140 valence electrons. The third-order valence-electron chi connectivity index (χ3n) is 3.66. The van der Waals surface area contributed by atoms with Gasteiger partial charge in [-0.2, -0.15) is 0 Å². The summed E-state index contributed by atoms with van der Waals surface area (Å²) in [5, 5.41) is 11.1. The molecule has 1 aromatic heterocycles. The molecule has 0 saturated carbocycles. The molecule has 6 nitrogen and oxygen atoms in total. The number of hydrogen-bond acceptors (Lipinski definition) is 6. The lowest BCUT2D eigenvalue weighted by Crippen LogP contribution is -2.14. The van der Waals surface area contributed by atoms with E-state index in [2.05, 4.69) is 31.4 Å². The highest BCUT2D eigenvalue weighted by atomic mass is 79.9. The predicted octanol–water partition coefficient (Wildman–Crippen LogP) is 4.76. The molecule has 0 atom stereocenters. The molecule has 0 radical (unpaired) electrons. The van der Waals surface area contributed by atoms with Gasteiger partial charge in [-0.3, -0.25) is 4.79 Å². The van der Waals surface area contributed by atoms with Gasteiger partial charge in [-0.1, -0.05) is 45.9 Å². The van der Waals surface area contributed by atoms with Crippen LogP contribution in [0.5, 0.6) is 5.75 Å². The first-order valence-electron chi connectivity index (χ1n) is 8.21. The fourth-order valence-corrected chi connectivity index (χ4v) is 3.09. The number of carbonyl (C=O) groups is 1. The number of ether oxygens (including phenoxy) is 1. The van der Waals surface area contributed by atoms with Gasteiger partial charge >= 0.3 is 0 Å². The number of carbonyl (C=O) groups excluding carboxylic acids is 1. The summed E-state index contributed by atoms with van der Waals surface area (Å²) in [6, 6.07) is 13.4. The van der Waals surface area contributed by atoms with Crippen LogP contribution >= 0.6 is 27.7 Å². The maximum Gasteiger partial charge on any atom is 0.277 e. The van der Waals surface area contributed by atoms with Gasteiger partial charge in [0, 0.05) is 10.2 Å². The molecule has 2 aromatic carbocycles. The molecular formula is C19H18BrN3O3S. The Balaban J connectivity index is 1.48. The topological polar surface area (TPSA) is 77.2 Å². The molecule has 0 fully saturated rings. The number of nitrogens with one attached hydrogen (secondary N) is 1. The summed E-state index contributed by atoms with van der Waals surface area (Å²) < 4.78 is 12.2. The molecule has 3 rings (SSSR count). The smallest absolute Gasteiger partial charge is 0.277 e. The molecule has 8 heteroatoms. The SMILES string of the molecule is Cc1cc(NC(=O)CSc2nnc(COc3ccccc3C)o2)ccc1Br. The number of rotatable bonds is 7. The van der Waals surface area contributed by atoms with Crippen LogP contribution in [0.2, 0.25) is 0 Å². The number of nitrogens with zero attached hydrogens (tertiary/aromatic N) is 2. The molecule has 0 bridgehead atoms. The summed E-state index contributed by atoms with van der Waals surface area (Å²) in [5.74, 6) is 1.17. The van der Waals surface area contributed by atoms with E-state index in [1.54, 1.807) is 0 Å². The van der Waals surface area contributed by atoms with Gasteiger partial charge in [-0.05, 0) is 49.2 Å². The summed E-state index contributed by atoms with van der Waals surface area (Å²) in [6.07, 6.45) is 0. The molecule has 0 aliphatic heterocycles. The largest absolute Gasteiger partial charge is 0.484 e. The average Bonchev–Trinajstić information content (AvgIpc) is 3.10. The maximum atomic E-state index is 12.1. The van der Waals surface area contributed by atoms with Crippen LogP contribution < -0.4 is 10.1 Å². The van der Waals surface area contributed by atoms with E-state index < -0.39 is 0 Å². The van der Waals surface area contributed by atoms with Gasteiger partial charge < -0.3 is 14.5 Å². The zero-order valence-corrected chi connectivity index (χ0v) is 17.3. The van der Waals surface area contributed by atoms with Gasteiger partial charge in [0.2, 0.25) is 5.91 Å². The van der Waals surface area contributed by atoms with E-state index in [0.29, 0.717) is 11.1 Å². The summed E-state index contributed by atoms with van der Waals surface area (Å²) in [6.45, 7) is 4.12. The third-order valence-corrected chi connectivity index (χ3v) is 5.37. The second-order valence-corrected chi connectivity index (χ2v) is 7.60. The number of benzene rings is 2. The van der Waals surface area contributed by atoms with Crippen molar-refractivity contribution in [1.82, 2.24) is 10.2 Å². The lowest BCUT2D eigenvalue weighted by atomic mass is 10.2. The Morgan fingerprint density at radius 3 is 2.78 bits per heavy atom. The number of halogens is 1. The highest BCUT2D eigenvalue weighted by Gasteiger charge is 2.11. The number of hydrogen-bond donors (Lipinski definition) is 1. The third kappa shape index (κ3) is 5.58. The number of thioether (sulfide) groups is 1. The van der Waals surface area contributed by atoms with Crippen molar-refractivity contribution >= 4 is 39.3 Å². The Hall–Kier alpha value is -2.32. The second-order valence-electron chi connectivity index (χ2n) is 5.82. The second kappa shape index (κ2) is 9.05. The van der Waals surface area contributed by atoms with Gasteiger partial charge in [0.05, 0.1) is 5.75 Å². The van der Waals surface area contributed by atoms with Gasteiger partial charge in [-0.25, -0.2) is 0 Å². The zero-order chi connectivity index (χ0) is 19.2. The van der Waals surface area contributed by atoms with Gasteiger partial charge in [0.1, 0.15) is 5.75 Å². The van der Waals surface area contributed by atoms with E-state index in [1.165, 1.54) is 11.8 Å². The molecule has 1 amide bonds. The highest BCUT2D eigenvalue weighted by molar-refractivity contribution is 9.10. The minimum absolute atomic E-state index is 0.141. The van der Waals surface area contributed by atoms with Crippen LogP contribution in [-0.4, -0.2) is 21.9 Å². The van der Waals surface area contributed by atoms with Crippen LogP contribution in [-0.2, 0) is 11.4 Å². The van der Waals surface area contributed by atoms with E-state index in [1.807, 2.05) is 56.3 Å². The van der Waals surface area contributed by atoms with Crippen molar-refractivity contribution in [2.45, 2.75) is 25.7 Å². The van der Waals surface area contributed by atoms with E-state index in [0.717, 1.165) is 27.0 Å². The first-order valence-corrected chi connectivity index (χ1v) is 9.99. The molecule has 1 N–H and O–H groups in total. The summed E-state index contributed by atoms with van der Waals surface area (Å²) in [4.78, 5) is 12.1. The average molecular weight is 448 g/mol. The molecule has 0 saturated heterocycles. The monoisotopic (exact) mass is 447 g/mol. The Morgan fingerprint density at radius 2 is 2.00 bits per heavy atom. The molecule has 27 heavy (non-hydrogen) atoms. The van der Waals surface area contributed by atoms with Crippen LogP contribution in [0.15, 0.2) is 56.6 Å². The summed E-state index contributed by atoms with van der Waals surface area (Å²) >= 11 is 4.62. The van der Waals surface area contributed by atoms with Crippen molar-refractivity contribution < 1.29 is 13.9 Å². The minimum Gasteiger partial charge on any atom is -0.484 e. The number of para-hydroxylation sites is 1. The quantitative estimate of drug-likeness (QED) is 0.526. The fraction of sp³-hybridized carbons (Fsp3) is 0.211. The lowest BCUT2D eigenvalue weighted by molar-refractivity contribution is -0.113. The van der Waals surface area contributed by atoms with E-state index in [9.17, 15) is 4.79 Å². The molecule has 0 aliphatic carbocycles. The molecule has 3 aromatic rings.